The number of hydrogen-bond acceptors (Lipinski definition) is 3. The van der Waals surface area contributed by atoms with E-state index in [0.717, 1.165) is 19.5 Å². The minimum absolute atomic E-state index is 0.104. The van der Waals surface area contributed by atoms with Crippen LogP contribution in [0.2, 0.25) is 0 Å². The lowest BCUT2D eigenvalue weighted by Crippen LogP contribution is -2.44. The van der Waals surface area contributed by atoms with Crippen molar-refractivity contribution in [2.24, 2.45) is 11.3 Å². The molecule has 4 heteroatoms. The van der Waals surface area contributed by atoms with E-state index in [0.29, 0.717) is 12.3 Å². The van der Waals surface area contributed by atoms with Crippen molar-refractivity contribution >= 4 is 5.91 Å². The number of amides is 1. The van der Waals surface area contributed by atoms with Gasteiger partial charge >= 0.3 is 0 Å². The standard InChI is InChI=1S/C14H28N2O2/c1-10(7-14(2,3)4)6-13(17)16-11-8-15-9-12(11)18-5/h10-12,15H,6-9H2,1-5H3,(H,16,17)/t10?,11?,12-/m0/s1. The minimum Gasteiger partial charge on any atom is -0.378 e. The van der Waals surface area contributed by atoms with Crippen LogP contribution < -0.4 is 10.6 Å². The Morgan fingerprint density at radius 2 is 2.11 bits per heavy atom. The number of nitrogens with one attached hydrogen (secondary N) is 2. The molecule has 1 amide bonds. The fourth-order valence-electron chi connectivity index (χ4n) is 2.75. The maximum absolute atomic E-state index is 12.0. The molecule has 1 rings (SSSR count). The molecule has 0 aliphatic carbocycles. The summed E-state index contributed by atoms with van der Waals surface area (Å²) in [6.45, 7) is 10.4. The van der Waals surface area contributed by atoms with E-state index in [1.165, 1.54) is 0 Å². The Bertz CT molecular complexity index is 273. The summed E-state index contributed by atoms with van der Waals surface area (Å²) in [6, 6.07) is 0.115. The summed E-state index contributed by atoms with van der Waals surface area (Å²) in [5.74, 6) is 0.558. The Kier molecular flexibility index (Phi) is 5.60. The average molecular weight is 256 g/mol. The third kappa shape index (κ3) is 5.36. The first kappa shape index (κ1) is 15.4. The summed E-state index contributed by atoms with van der Waals surface area (Å²) in [5.41, 5.74) is 0.281. The van der Waals surface area contributed by atoms with Gasteiger partial charge in [-0.1, -0.05) is 27.7 Å². The second-order valence-corrected chi connectivity index (χ2v) is 6.68. The highest BCUT2D eigenvalue weighted by molar-refractivity contribution is 5.76. The van der Waals surface area contributed by atoms with E-state index < -0.39 is 0 Å². The van der Waals surface area contributed by atoms with Gasteiger partial charge in [0, 0.05) is 26.6 Å². The van der Waals surface area contributed by atoms with Crippen LogP contribution in [-0.2, 0) is 9.53 Å². The first-order valence-corrected chi connectivity index (χ1v) is 6.84. The summed E-state index contributed by atoms with van der Waals surface area (Å²) in [7, 11) is 1.69. The van der Waals surface area contributed by atoms with Crippen molar-refractivity contribution < 1.29 is 9.53 Å². The Morgan fingerprint density at radius 3 is 2.67 bits per heavy atom. The smallest absolute Gasteiger partial charge is 0.220 e. The summed E-state index contributed by atoms with van der Waals surface area (Å²) in [4.78, 5) is 12.0. The van der Waals surface area contributed by atoms with Gasteiger partial charge in [0.05, 0.1) is 12.1 Å². The summed E-state index contributed by atoms with van der Waals surface area (Å²) < 4.78 is 5.33. The molecule has 2 N–H and O–H groups in total. The van der Waals surface area contributed by atoms with E-state index >= 15 is 0 Å². The monoisotopic (exact) mass is 256 g/mol. The molecule has 0 aromatic heterocycles. The first-order valence-electron chi connectivity index (χ1n) is 6.84. The van der Waals surface area contributed by atoms with Gasteiger partial charge in [0.25, 0.3) is 0 Å². The SMILES string of the molecule is CO[C@H]1CNCC1NC(=O)CC(C)CC(C)(C)C. The molecule has 4 nitrogen and oxygen atoms in total. The molecule has 1 aliphatic rings. The molecule has 1 fully saturated rings. The lowest BCUT2D eigenvalue weighted by Gasteiger charge is -2.24. The zero-order valence-corrected chi connectivity index (χ0v) is 12.4. The molecular formula is C14H28N2O2. The van der Waals surface area contributed by atoms with Crippen LogP contribution in [0.1, 0.15) is 40.5 Å². The van der Waals surface area contributed by atoms with Gasteiger partial charge in [0.1, 0.15) is 0 Å². The quantitative estimate of drug-likeness (QED) is 0.785. The van der Waals surface area contributed by atoms with Gasteiger partial charge in [-0.25, -0.2) is 0 Å². The number of ether oxygens (including phenoxy) is 1. The van der Waals surface area contributed by atoms with Crippen molar-refractivity contribution in [3.63, 3.8) is 0 Å². The summed E-state index contributed by atoms with van der Waals surface area (Å²) in [6.07, 6.45) is 1.77. The number of carbonyl (C=O) groups excluding carboxylic acids is 1. The van der Waals surface area contributed by atoms with Crippen LogP contribution in [0, 0.1) is 11.3 Å². The van der Waals surface area contributed by atoms with Crippen molar-refractivity contribution in [1.29, 1.82) is 0 Å². The third-order valence-corrected chi connectivity index (χ3v) is 3.30. The fraction of sp³-hybridized carbons (Fsp3) is 0.929. The average Bonchev–Trinajstić information content (AvgIpc) is 2.61. The van der Waals surface area contributed by atoms with Crippen molar-refractivity contribution in [2.45, 2.75) is 52.7 Å². The molecule has 0 bridgehead atoms. The van der Waals surface area contributed by atoms with Crippen molar-refractivity contribution in [2.75, 3.05) is 20.2 Å². The highest BCUT2D eigenvalue weighted by Gasteiger charge is 2.28. The Balaban J connectivity index is 2.33. The van der Waals surface area contributed by atoms with Crippen molar-refractivity contribution in [1.82, 2.24) is 10.6 Å². The molecule has 1 heterocycles. The van der Waals surface area contributed by atoms with E-state index in [9.17, 15) is 4.79 Å². The first-order chi connectivity index (χ1) is 8.31. The minimum atomic E-state index is 0.104. The lowest BCUT2D eigenvalue weighted by molar-refractivity contribution is -0.123. The van der Waals surface area contributed by atoms with Gasteiger partial charge in [-0.3, -0.25) is 4.79 Å². The number of hydrogen-bond donors (Lipinski definition) is 2. The van der Waals surface area contributed by atoms with E-state index in [1.54, 1.807) is 7.11 Å². The predicted octanol–water partition coefficient (Wildman–Crippen LogP) is 1.55. The van der Waals surface area contributed by atoms with Gasteiger partial charge in [-0.05, 0) is 17.8 Å². The van der Waals surface area contributed by atoms with Crippen LogP contribution in [0.15, 0.2) is 0 Å². The van der Waals surface area contributed by atoms with Crippen LogP contribution in [0.25, 0.3) is 0 Å². The number of rotatable bonds is 5. The van der Waals surface area contributed by atoms with E-state index in [4.69, 9.17) is 4.74 Å². The van der Waals surface area contributed by atoms with Crippen LogP contribution in [0.3, 0.4) is 0 Å². The number of carbonyl (C=O) groups is 1. The van der Waals surface area contributed by atoms with Crippen molar-refractivity contribution in [3.05, 3.63) is 0 Å². The van der Waals surface area contributed by atoms with Crippen molar-refractivity contribution in [3.8, 4) is 0 Å². The molecule has 0 aromatic rings. The zero-order valence-electron chi connectivity index (χ0n) is 12.4. The fourth-order valence-corrected chi connectivity index (χ4v) is 2.75. The van der Waals surface area contributed by atoms with Gasteiger partial charge in [0.2, 0.25) is 5.91 Å². The topological polar surface area (TPSA) is 50.4 Å². The molecule has 1 aliphatic heterocycles. The number of methoxy groups -OCH3 is 1. The Hall–Kier alpha value is -0.610. The molecule has 0 saturated carbocycles. The van der Waals surface area contributed by atoms with Gasteiger partial charge in [0.15, 0.2) is 0 Å². The van der Waals surface area contributed by atoms with Gasteiger partial charge in [-0.15, -0.1) is 0 Å². The molecule has 3 atom stereocenters. The van der Waals surface area contributed by atoms with E-state index in [-0.39, 0.29) is 23.5 Å². The maximum Gasteiger partial charge on any atom is 0.220 e. The van der Waals surface area contributed by atoms with Crippen LogP contribution in [0.5, 0.6) is 0 Å². The third-order valence-electron chi connectivity index (χ3n) is 3.30. The second-order valence-electron chi connectivity index (χ2n) is 6.68. The van der Waals surface area contributed by atoms with Crippen LogP contribution in [-0.4, -0.2) is 38.3 Å². The highest BCUT2D eigenvalue weighted by atomic mass is 16.5. The molecule has 0 radical (unpaired) electrons. The Labute approximate surface area is 111 Å². The molecule has 18 heavy (non-hydrogen) atoms. The van der Waals surface area contributed by atoms with Crippen LogP contribution >= 0.6 is 0 Å². The summed E-state index contributed by atoms with van der Waals surface area (Å²) in [5, 5.41) is 6.30. The molecule has 0 spiro atoms. The molecule has 106 valence electrons. The maximum atomic E-state index is 12.0. The van der Waals surface area contributed by atoms with E-state index in [1.807, 2.05) is 0 Å². The summed E-state index contributed by atoms with van der Waals surface area (Å²) >= 11 is 0. The highest BCUT2D eigenvalue weighted by Crippen LogP contribution is 2.25. The van der Waals surface area contributed by atoms with Gasteiger partial charge < -0.3 is 15.4 Å². The molecule has 0 aromatic carbocycles. The van der Waals surface area contributed by atoms with E-state index in [2.05, 4.69) is 38.3 Å². The predicted molar refractivity (Wildman–Crippen MR) is 73.5 cm³/mol. The van der Waals surface area contributed by atoms with Gasteiger partial charge in [-0.2, -0.15) is 0 Å². The largest absolute Gasteiger partial charge is 0.378 e. The molecule has 1 saturated heterocycles. The molecular weight excluding hydrogens is 228 g/mol. The zero-order chi connectivity index (χ0) is 13.8. The normalized spacial score (nSPS) is 26.1. The molecule has 2 unspecified atom stereocenters. The second kappa shape index (κ2) is 6.53. The Morgan fingerprint density at radius 1 is 1.44 bits per heavy atom. The van der Waals surface area contributed by atoms with Crippen LogP contribution in [0.4, 0.5) is 0 Å². The lowest BCUT2D eigenvalue weighted by atomic mass is 9.84.